The molecule has 198 valence electrons. The highest BCUT2D eigenvalue weighted by Crippen LogP contribution is 2.33. The topological polar surface area (TPSA) is 64.8 Å². The van der Waals surface area contributed by atoms with Gasteiger partial charge in [-0.3, -0.25) is 4.79 Å². The summed E-state index contributed by atoms with van der Waals surface area (Å²) in [6.07, 6.45) is -6.27. The van der Waals surface area contributed by atoms with Crippen LogP contribution >= 0.6 is 11.3 Å². The lowest BCUT2D eigenvalue weighted by atomic mass is 9.95. The quantitative estimate of drug-likeness (QED) is 0.377. The number of thiazole rings is 1. The molecular weight excluding hydrogens is 512 g/mol. The predicted molar refractivity (Wildman–Crippen MR) is 120 cm³/mol. The molecule has 0 aliphatic carbocycles. The average Bonchev–Trinajstić information content (AvgIpc) is 3.41. The van der Waals surface area contributed by atoms with Gasteiger partial charge in [-0.1, -0.05) is 27.4 Å². The maximum absolute atomic E-state index is 13.3. The molecule has 1 amide bonds. The van der Waals surface area contributed by atoms with Gasteiger partial charge in [-0.2, -0.15) is 31.3 Å². The van der Waals surface area contributed by atoms with Gasteiger partial charge < -0.3 is 14.1 Å². The molecule has 6 nitrogen and oxygen atoms in total. The number of alkyl halides is 6. The van der Waals surface area contributed by atoms with Crippen LogP contribution < -0.4 is 15.1 Å². The van der Waals surface area contributed by atoms with Gasteiger partial charge in [0.25, 0.3) is 5.91 Å². The average molecular weight is 538 g/mol. The molecular formula is C23H25F6N3O3S. The number of ether oxygens (including phenoxy) is 1. The lowest BCUT2D eigenvalue weighted by Gasteiger charge is -2.15. The van der Waals surface area contributed by atoms with E-state index in [-0.39, 0.29) is 16.3 Å². The molecule has 2 aromatic rings. The molecule has 1 fully saturated rings. The van der Waals surface area contributed by atoms with Crippen LogP contribution in [-0.2, 0) is 22.9 Å². The summed E-state index contributed by atoms with van der Waals surface area (Å²) in [5.41, 5.74) is -2.12. The van der Waals surface area contributed by atoms with E-state index in [0.29, 0.717) is 25.3 Å². The van der Waals surface area contributed by atoms with Gasteiger partial charge >= 0.3 is 12.4 Å². The van der Waals surface area contributed by atoms with E-state index in [2.05, 4.69) is 11.6 Å². The molecule has 1 aromatic heterocycles. The number of nitrogens with zero attached hydrogens (tertiary/aromatic N) is 2. The van der Waals surface area contributed by atoms with E-state index in [1.54, 1.807) is 4.57 Å². The summed E-state index contributed by atoms with van der Waals surface area (Å²) in [6, 6.07) is 1.82. The summed E-state index contributed by atoms with van der Waals surface area (Å²) in [7, 11) is 0. The SMILES string of the molecule is C=C(NOc1ccc(C(F)(F)F)cc1C(=O)N=c1sc(C(C)(C)C)cn1C[C@H]1CCCO1)C(F)(F)F. The highest BCUT2D eigenvalue weighted by Gasteiger charge is 2.34. The van der Waals surface area contributed by atoms with Crippen molar-refractivity contribution in [3.63, 3.8) is 0 Å². The first-order valence-electron chi connectivity index (χ1n) is 10.9. The van der Waals surface area contributed by atoms with Gasteiger partial charge in [-0.15, -0.1) is 11.3 Å². The Morgan fingerprint density at radius 2 is 1.94 bits per heavy atom. The number of aromatic nitrogens is 1. The number of benzene rings is 1. The maximum atomic E-state index is 13.3. The van der Waals surface area contributed by atoms with Crippen molar-refractivity contribution in [2.45, 2.75) is 64.0 Å². The molecule has 3 rings (SSSR count). The monoisotopic (exact) mass is 537 g/mol. The molecule has 1 aliphatic rings. The lowest BCUT2D eigenvalue weighted by Crippen LogP contribution is -2.28. The first-order chi connectivity index (χ1) is 16.6. The van der Waals surface area contributed by atoms with E-state index in [9.17, 15) is 31.1 Å². The van der Waals surface area contributed by atoms with Crippen molar-refractivity contribution in [1.29, 1.82) is 0 Å². The highest BCUT2D eigenvalue weighted by molar-refractivity contribution is 7.09. The van der Waals surface area contributed by atoms with E-state index < -0.39 is 40.8 Å². The van der Waals surface area contributed by atoms with Crippen molar-refractivity contribution in [3.8, 4) is 5.75 Å². The van der Waals surface area contributed by atoms with Crippen molar-refractivity contribution >= 4 is 17.2 Å². The first-order valence-corrected chi connectivity index (χ1v) is 11.7. The van der Waals surface area contributed by atoms with Crippen LogP contribution in [0.25, 0.3) is 0 Å². The Kier molecular flexibility index (Phi) is 7.94. The Morgan fingerprint density at radius 1 is 1.25 bits per heavy atom. The molecule has 0 spiro atoms. The van der Waals surface area contributed by atoms with Crippen molar-refractivity contribution < 1.29 is 40.7 Å². The van der Waals surface area contributed by atoms with Crippen LogP contribution in [0.5, 0.6) is 5.75 Å². The third-order valence-electron chi connectivity index (χ3n) is 5.24. The van der Waals surface area contributed by atoms with Crippen molar-refractivity contribution in [1.82, 2.24) is 10.0 Å². The van der Waals surface area contributed by atoms with E-state index in [1.807, 2.05) is 27.0 Å². The summed E-state index contributed by atoms with van der Waals surface area (Å²) >= 11 is 1.19. The second-order valence-electron chi connectivity index (χ2n) is 9.22. The molecule has 0 unspecified atom stereocenters. The van der Waals surface area contributed by atoms with Crippen LogP contribution in [0.2, 0.25) is 0 Å². The summed E-state index contributed by atoms with van der Waals surface area (Å²) in [4.78, 5) is 23.0. The minimum absolute atomic E-state index is 0.105. The summed E-state index contributed by atoms with van der Waals surface area (Å²) in [5, 5.41) is 0. The Bertz CT molecular complexity index is 1190. The molecule has 0 saturated carbocycles. The zero-order valence-corrected chi connectivity index (χ0v) is 20.5. The summed E-state index contributed by atoms with van der Waals surface area (Å²) < 4.78 is 85.5. The molecule has 1 atom stereocenters. The second kappa shape index (κ2) is 10.3. The maximum Gasteiger partial charge on any atom is 0.433 e. The van der Waals surface area contributed by atoms with Crippen LogP contribution in [-0.4, -0.2) is 29.4 Å². The van der Waals surface area contributed by atoms with Crippen LogP contribution in [0.1, 0.15) is 54.4 Å². The van der Waals surface area contributed by atoms with Gasteiger partial charge in [0, 0.05) is 17.7 Å². The number of carbonyl (C=O) groups is 1. The smallest absolute Gasteiger partial charge is 0.381 e. The van der Waals surface area contributed by atoms with Crippen LogP contribution in [0.3, 0.4) is 0 Å². The van der Waals surface area contributed by atoms with Gasteiger partial charge in [0.05, 0.1) is 23.8 Å². The van der Waals surface area contributed by atoms with Gasteiger partial charge in [-0.25, -0.2) is 5.48 Å². The van der Waals surface area contributed by atoms with Crippen molar-refractivity contribution in [2.24, 2.45) is 4.99 Å². The first kappa shape index (κ1) is 27.8. The molecule has 0 bridgehead atoms. The molecule has 2 heterocycles. The molecule has 13 heteroatoms. The number of nitrogens with one attached hydrogen (secondary N) is 1. The number of halogens is 6. The summed E-state index contributed by atoms with van der Waals surface area (Å²) in [5.74, 6) is -1.68. The zero-order valence-electron chi connectivity index (χ0n) is 19.7. The molecule has 0 radical (unpaired) electrons. The van der Waals surface area contributed by atoms with Crippen molar-refractivity contribution in [3.05, 3.63) is 57.5 Å². The minimum Gasteiger partial charge on any atom is -0.381 e. The summed E-state index contributed by atoms with van der Waals surface area (Å²) in [6.45, 7) is 9.63. The van der Waals surface area contributed by atoms with E-state index in [4.69, 9.17) is 9.57 Å². The lowest BCUT2D eigenvalue weighted by molar-refractivity contribution is -0.137. The third-order valence-corrected chi connectivity index (χ3v) is 6.69. The predicted octanol–water partition coefficient (Wildman–Crippen LogP) is 5.75. The standard InChI is InChI=1S/C23H25F6N3O3S/c1-13(22(24,25)26)31-35-17-8-7-14(23(27,28)29)10-16(17)19(33)30-20-32(11-15-6-5-9-34-15)12-18(36-20)21(2,3)4/h7-8,10,12,15,31H,1,5-6,9,11H2,2-4H3/t15-/m1/s1. The van der Waals surface area contributed by atoms with Gasteiger partial charge in [0.2, 0.25) is 0 Å². The number of carbonyl (C=O) groups excluding carboxylic acids is 1. The van der Waals surface area contributed by atoms with E-state index in [1.165, 1.54) is 16.8 Å². The molecule has 36 heavy (non-hydrogen) atoms. The number of amides is 1. The number of rotatable bonds is 6. The van der Waals surface area contributed by atoms with Gasteiger partial charge in [-0.05, 0) is 36.5 Å². The molecule has 1 saturated heterocycles. The number of hydrogen-bond acceptors (Lipinski definition) is 5. The van der Waals surface area contributed by atoms with E-state index >= 15 is 0 Å². The minimum atomic E-state index is -4.87. The molecule has 1 N–H and O–H groups in total. The Labute approximate surface area is 207 Å². The fourth-order valence-electron chi connectivity index (χ4n) is 3.24. The number of allylic oxidation sites excluding steroid dienone is 1. The van der Waals surface area contributed by atoms with Gasteiger partial charge in [0.1, 0.15) is 5.70 Å². The fourth-order valence-corrected chi connectivity index (χ4v) is 4.29. The van der Waals surface area contributed by atoms with Crippen LogP contribution in [0.15, 0.2) is 41.7 Å². The van der Waals surface area contributed by atoms with E-state index in [0.717, 1.165) is 23.8 Å². The Balaban J connectivity index is 2.04. The van der Waals surface area contributed by atoms with Crippen molar-refractivity contribution in [2.75, 3.05) is 6.61 Å². The van der Waals surface area contributed by atoms with Crippen LogP contribution in [0.4, 0.5) is 26.3 Å². The molecule has 1 aromatic carbocycles. The number of hydroxylamine groups is 1. The Hall–Kier alpha value is -2.80. The third kappa shape index (κ3) is 6.90. The largest absolute Gasteiger partial charge is 0.433 e. The molecule has 1 aliphatic heterocycles. The Morgan fingerprint density at radius 3 is 2.50 bits per heavy atom. The number of hydrogen-bond donors (Lipinski definition) is 1. The van der Waals surface area contributed by atoms with Gasteiger partial charge in [0.15, 0.2) is 10.6 Å². The van der Waals surface area contributed by atoms with Crippen LogP contribution in [0, 0.1) is 0 Å². The highest BCUT2D eigenvalue weighted by atomic mass is 32.1. The fraction of sp³-hybridized carbons (Fsp3) is 0.478. The zero-order chi connectivity index (χ0) is 26.9. The second-order valence-corrected chi connectivity index (χ2v) is 10.2. The normalized spacial score (nSPS) is 17.4.